The average molecular weight is 422 g/mol. The summed E-state index contributed by atoms with van der Waals surface area (Å²) in [6, 6.07) is 15.5. The molecular formula is C20H24ClN3O3S. The fourth-order valence-electron chi connectivity index (χ4n) is 3.37. The summed E-state index contributed by atoms with van der Waals surface area (Å²) in [4.78, 5) is 16.6. The molecule has 2 aromatic carbocycles. The minimum atomic E-state index is -3.61. The van der Waals surface area contributed by atoms with E-state index in [0.29, 0.717) is 31.2 Å². The highest BCUT2D eigenvalue weighted by Crippen LogP contribution is 2.26. The second-order valence-electron chi connectivity index (χ2n) is 6.94. The maximum atomic E-state index is 12.9. The summed E-state index contributed by atoms with van der Waals surface area (Å²) in [5.41, 5.74) is 0.910. The summed E-state index contributed by atoms with van der Waals surface area (Å²) < 4.78 is 27.3. The third-order valence-corrected chi connectivity index (χ3v) is 6.99. The second-order valence-corrected chi connectivity index (χ2v) is 9.32. The summed E-state index contributed by atoms with van der Waals surface area (Å²) in [6.07, 6.45) is 0. The second kappa shape index (κ2) is 8.61. The topological polar surface area (TPSA) is 60.9 Å². The van der Waals surface area contributed by atoms with Crippen LogP contribution in [-0.2, 0) is 14.8 Å². The van der Waals surface area contributed by atoms with Gasteiger partial charge in [-0.05, 0) is 23.8 Å². The molecule has 6 nitrogen and oxygen atoms in total. The number of sulfonamides is 1. The molecule has 0 radical (unpaired) electrons. The van der Waals surface area contributed by atoms with E-state index < -0.39 is 16.1 Å². The Bertz CT molecular complexity index is 927. The van der Waals surface area contributed by atoms with E-state index in [-0.39, 0.29) is 10.8 Å². The first kappa shape index (κ1) is 20.8. The fraction of sp³-hybridized carbons (Fsp3) is 0.350. The number of halogens is 1. The van der Waals surface area contributed by atoms with E-state index in [0.717, 1.165) is 5.56 Å². The van der Waals surface area contributed by atoms with Gasteiger partial charge in [0.25, 0.3) is 0 Å². The lowest BCUT2D eigenvalue weighted by Gasteiger charge is -2.39. The zero-order chi connectivity index (χ0) is 20.3. The van der Waals surface area contributed by atoms with Gasteiger partial charge >= 0.3 is 0 Å². The van der Waals surface area contributed by atoms with E-state index in [2.05, 4.69) is 0 Å². The molecule has 1 saturated heterocycles. The molecule has 3 rings (SSSR count). The Hall–Kier alpha value is -1.93. The highest BCUT2D eigenvalue weighted by molar-refractivity contribution is 7.89. The van der Waals surface area contributed by atoms with Crippen LogP contribution in [0.3, 0.4) is 0 Å². The third-order valence-electron chi connectivity index (χ3n) is 4.86. The van der Waals surface area contributed by atoms with E-state index in [4.69, 9.17) is 11.6 Å². The number of rotatable bonds is 5. The number of hydrogen-bond acceptors (Lipinski definition) is 4. The van der Waals surface area contributed by atoms with Gasteiger partial charge in [-0.15, -0.1) is 0 Å². The SMILES string of the molecule is CN(C)C(=O)[C@H](c1ccccc1)N1CCN(S(=O)(=O)c2cccc(Cl)c2)CC1. The molecule has 1 fully saturated rings. The molecule has 1 amide bonds. The maximum absolute atomic E-state index is 12.9. The van der Waals surface area contributed by atoms with Crippen molar-refractivity contribution in [2.75, 3.05) is 40.3 Å². The zero-order valence-electron chi connectivity index (χ0n) is 16.0. The lowest BCUT2D eigenvalue weighted by Crippen LogP contribution is -2.52. The first-order valence-electron chi connectivity index (χ1n) is 9.06. The molecule has 1 heterocycles. The number of carbonyl (C=O) groups is 1. The lowest BCUT2D eigenvalue weighted by molar-refractivity contribution is -0.135. The highest BCUT2D eigenvalue weighted by Gasteiger charge is 2.35. The van der Waals surface area contributed by atoms with Crippen molar-refractivity contribution in [3.05, 3.63) is 65.2 Å². The van der Waals surface area contributed by atoms with Crippen LogP contribution < -0.4 is 0 Å². The molecule has 1 atom stereocenters. The number of amides is 1. The summed E-state index contributed by atoms with van der Waals surface area (Å²) in [5.74, 6) is -0.0163. The minimum Gasteiger partial charge on any atom is -0.347 e. The van der Waals surface area contributed by atoms with E-state index in [9.17, 15) is 13.2 Å². The minimum absolute atomic E-state index is 0.0163. The van der Waals surface area contributed by atoms with Crippen molar-refractivity contribution in [1.29, 1.82) is 0 Å². The van der Waals surface area contributed by atoms with E-state index >= 15 is 0 Å². The molecule has 2 aromatic rings. The average Bonchev–Trinajstić information content (AvgIpc) is 2.69. The first-order valence-corrected chi connectivity index (χ1v) is 10.9. The molecule has 0 aliphatic carbocycles. The maximum Gasteiger partial charge on any atom is 0.244 e. The van der Waals surface area contributed by atoms with Crippen molar-refractivity contribution in [2.24, 2.45) is 0 Å². The molecule has 1 aliphatic rings. The Kier molecular flexibility index (Phi) is 6.40. The summed E-state index contributed by atoms with van der Waals surface area (Å²) in [5, 5.41) is 0.389. The Labute approximate surface area is 171 Å². The van der Waals surface area contributed by atoms with Crippen LogP contribution in [0.15, 0.2) is 59.5 Å². The molecule has 8 heteroatoms. The number of carbonyl (C=O) groups excluding carboxylic acids is 1. The van der Waals surface area contributed by atoms with Gasteiger partial charge in [0.15, 0.2) is 0 Å². The smallest absolute Gasteiger partial charge is 0.244 e. The number of piperazine rings is 1. The summed E-state index contributed by atoms with van der Waals surface area (Å²) in [7, 11) is -0.139. The fourth-order valence-corrected chi connectivity index (χ4v) is 5.09. The van der Waals surface area contributed by atoms with E-state index in [1.165, 1.54) is 10.4 Å². The van der Waals surface area contributed by atoms with Gasteiger partial charge in [0.2, 0.25) is 15.9 Å². The molecule has 0 spiro atoms. The quantitative estimate of drug-likeness (QED) is 0.744. The van der Waals surface area contributed by atoms with Crippen LogP contribution >= 0.6 is 11.6 Å². The zero-order valence-corrected chi connectivity index (χ0v) is 17.5. The van der Waals surface area contributed by atoms with Gasteiger partial charge in [-0.2, -0.15) is 4.31 Å². The third kappa shape index (κ3) is 4.38. The van der Waals surface area contributed by atoms with Crippen molar-refractivity contribution in [2.45, 2.75) is 10.9 Å². The van der Waals surface area contributed by atoms with Crippen molar-refractivity contribution in [3.63, 3.8) is 0 Å². The Morgan fingerprint density at radius 1 is 1.00 bits per heavy atom. The van der Waals surface area contributed by atoms with Crippen LogP contribution in [0, 0.1) is 0 Å². The molecular weight excluding hydrogens is 398 g/mol. The molecule has 1 aliphatic heterocycles. The molecule has 0 N–H and O–H groups in total. The number of likely N-dealkylation sites (N-methyl/N-ethyl adjacent to an activating group) is 1. The van der Waals surface area contributed by atoms with Gasteiger partial charge < -0.3 is 4.90 Å². The monoisotopic (exact) mass is 421 g/mol. The van der Waals surface area contributed by atoms with Crippen LogP contribution in [0.5, 0.6) is 0 Å². The van der Waals surface area contributed by atoms with Crippen molar-refractivity contribution in [1.82, 2.24) is 14.1 Å². The number of hydrogen-bond donors (Lipinski definition) is 0. The number of nitrogens with zero attached hydrogens (tertiary/aromatic N) is 3. The van der Waals surface area contributed by atoms with Crippen LogP contribution in [-0.4, -0.2) is 68.7 Å². The highest BCUT2D eigenvalue weighted by atomic mass is 35.5. The molecule has 28 heavy (non-hydrogen) atoms. The van der Waals surface area contributed by atoms with E-state index in [1.54, 1.807) is 37.2 Å². The normalized spacial score (nSPS) is 17.2. The Morgan fingerprint density at radius 3 is 2.21 bits per heavy atom. The molecule has 0 aromatic heterocycles. The van der Waals surface area contributed by atoms with Gasteiger partial charge in [0.1, 0.15) is 6.04 Å². The molecule has 0 saturated carbocycles. The molecule has 0 bridgehead atoms. The number of benzene rings is 2. The van der Waals surface area contributed by atoms with Gasteiger partial charge in [-0.1, -0.05) is 48.0 Å². The largest absolute Gasteiger partial charge is 0.347 e. The first-order chi connectivity index (χ1) is 13.3. The van der Waals surface area contributed by atoms with Crippen LogP contribution in [0.25, 0.3) is 0 Å². The lowest BCUT2D eigenvalue weighted by atomic mass is 10.0. The van der Waals surface area contributed by atoms with Crippen molar-refractivity contribution >= 4 is 27.5 Å². The van der Waals surface area contributed by atoms with Crippen LogP contribution in [0.1, 0.15) is 11.6 Å². The van der Waals surface area contributed by atoms with Gasteiger partial charge in [0, 0.05) is 45.3 Å². The summed E-state index contributed by atoms with van der Waals surface area (Å²) >= 11 is 5.95. The summed E-state index contributed by atoms with van der Waals surface area (Å²) in [6.45, 7) is 1.58. The Balaban J connectivity index is 1.78. The molecule has 150 valence electrons. The predicted molar refractivity (Wildman–Crippen MR) is 110 cm³/mol. The van der Waals surface area contributed by atoms with E-state index in [1.807, 2.05) is 35.2 Å². The standard InChI is InChI=1S/C20H24ClN3O3S/c1-22(2)20(25)19(16-7-4-3-5-8-16)23-11-13-24(14-12-23)28(26,27)18-10-6-9-17(21)15-18/h3-10,15,19H,11-14H2,1-2H3/t19-/m0/s1. The van der Waals surface area contributed by atoms with Crippen molar-refractivity contribution in [3.8, 4) is 0 Å². The van der Waals surface area contributed by atoms with Gasteiger partial charge in [0.05, 0.1) is 4.90 Å². The predicted octanol–water partition coefficient (Wildman–Crippen LogP) is 2.48. The van der Waals surface area contributed by atoms with Crippen molar-refractivity contribution < 1.29 is 13.2 Å². The van der Waals surface area contributed by atoms with Crippen LogP contribution in [0.2, 0.25) is 5.02 Å². The van der Waals surface area contributed by atoms with Gasteiger partial charge in [-0.25, -0.2) is 8.42 Å². The molecule has 0 unspecified atom stereocenters. The van der Waals surface area contributed by atoms with Gasteiger partial charge in [-0.3, -0.25) is 9.69 Å². The Morgan fingerprint density at radius 2 is 1.64 bits per heavy atom. The van der Waals surface area contributed by atoms with Crippen LogP contribution in [0.4, 0.5) is 0 Å².